The van der Waals surface area contributed by atoms with Gasteiger partial charge in [-0.25, -0.2) is 0 Å². The second-order valence-corrected chi connectivity index (χ2v) is 8.60. The van der Waals surface area contributed by atoms with Gasteiger partial charge in [-0.2, -0.15) is 0 Å². The second-order valence-electron chi connectivity index (χ2n) is 7.81. The third-order valence-corrected chi connectivity index (χ3v) is 5.74. The van der Waals surface area contributed by atoms with E-state index in [0.29, 0.717) is 18.9 Å². The molecule has 0 aliphatic heterocycles. The van der Waals surface area contributed by atoms with E-state index in [1.807, 2.05) is 0 Å². The average molecular weight is 434 g/mol. The summed E-state index contributed by atoms with van der Waals surface area (Å²) in [5.74, 6) is 0.578. The lowest BCUT2D eigenvalue weighted by Gasteiger charge is -2.17. The first-order valence-corrected chi connectivity index (χ1v) is 12.6. The number of halogens is 1. The van der Waals surface area contributed by atoms with Crippen LogP contribution < -0.4 is 0 Å². The monoisotopic (exact) mass is 432 g/mol. The Morgan fingerprint density at radius 3 is 1.73 bits per heavy atom. The van der Waals surface area contributed by atoms with Crippen LogP contribution in [0.4, 0.5) is 0 Å². The smallest absolute Gasteiger partial charge is 0.305 e. The van der Waals surface area contributed by atoms with Crippen molar-refractivity contribution in [1.82, 2.24) is 0 Å². The highest BCUT2D eigenvalue weighted by atomic mass is 79.9. The average Bonchev–Trinajstić information content (AvgIpc) is 2.64. The molecule has 156 valence electrons. The number of carbonyl (C=O) groups is 1. The van der Waals surface area contributed by atoms with Crippen LogP contribution in [0.1, 0.15) is 123 Å². The largest absolute Gasteiger partial charge is 0.465 e. The molecule has 3 heteroatoms. The summed E-state index contributed by atoms with van der Waals surface area (Å²) < 4.78 is 5.59. The fourth-order valence-electron chi connectivity index (χ4n) is 3.38. The van der Waals surface area contributed by atoms with Gasteiger partial charge >= 0.3 is 5.97 Å². The van der Waals surface area contributed by atoms with Gasteiger partial charge in [0.15, 0.2) is 0 Å². The van der Waals surface area contributed by atoms with Crippen LogP contribution in [-0.4, -0.2) is 17.9 Å². The molecule has 0 atom stereocenters. The SMILES string of the molecule is CCCCCCCCC(CCCCCCCC)COC(=O)CCCCBr. The Morgan fingerprint density at radius 2 is 1.23 bits per heavy atom. The molecule has 0 saturated carbocycles. The molecule has 0 radical (unpaired) electrons. The Hall–Kier alpha value is -0.0500. The van der Waals surface area contributed by atoms with Gasteiger partial charge in [0.25, 0.3) is 0 Å². The van der Waals surface area contributed by atoms with Crippen LogP contribution in [0.3, 0.4) is 0 Å². The number of alkyl halides is 1. The van der Waals surface area contributed by atoms with E-state index < -0.39 is 0 Å². The predicted octanol–water partition coefficient (Wildman–Crippen LogP) is 8.21. The highest BCUT2D eigenvalue weighted by molar-refractivity contribution is 9.09. The van der Waals surface area contributed by atoms with Gasteiger partial charge in [-0.05, 0) is 31.6 Å². The molecule has 0 saturated heterocycles. The molecule has 0 N–H and O–H groups in total. The van der Waals surface area contributed by atoms with Crippen molar-refractivity contribution in [3.8, 4) is 0 Å². The van der Waals surface area contributed by atoms with Crippen molar-refractivity contribution in [1.29, 1.82) is 0 Å². The summed E-state index contributed by atoms with van der Waals surface area (Å²) in [4.78, 5) is 11.9. The summed E-state index contributed by atoms with van der Waals surface area (Å²) in [5, 5.41) is 0.971. The zero-order chi connectivity index (χ0) is 19.3. The lowest BCUT2D eigenvalue weighted by atomic mass is 9.94. The highest BCUT2D eigenvalue weighted by Crippen LogP contribution is 2.20. The van der Waals surface area contributed by atoms with Crippen LogP contribution in [0.5, 0.6) is 0 Å². The van der Waals surface area contributed by atoms with E-state index >= 15 is 0 Å². The minimum absolute atomic E-state index is 0.00171. The summed E-state index contributed by atoms with van der Waals surface area (Å²) in [6, 6.07) is 0. The Bertz CT molecular complexity index is 278. The van der Waals surface area contributed by atoms with Crippen molar-refractivity contribution in [3.05, 3.63) is 0 Å². The molecular formula is C23H45BrO2. The second kappa shape index (κ2) is 21.3. The third-order valence-electron chi connectivity index (χ3n) is 5.18. The number of hydrogen-bond donors (Lipinski definition) is 0. The van der Waals surface area contributed by atoms with E-state index in [1.54, 1.807) is 0 Å². The highest BCUT2D eigenvalue weighted by Gasteiger charge is 2.12. The van der Waals surface area contributed by atoms with Crippen LogP contribution >= 0.6 is 15.9 Å². The Labute approximate surface area is 172 Å². The molecule has 0 rings (SSSR count). The third kappa shape index (κ3) is 18.7. The van der Waals surface area contributed by atoms with Gasteiger partial charge in [-0.1, -0.05) is 107 Å². The van der Waals surface area contributed by atoms with E-state index in [-0.39, 0.29) is 5.97 Å². The summed E-state index contributed by atoms with van der Waals surface area (Å²) in [7, 11) is 0. The van der Waals surface area contributed by atoms with Gasteiger partial charge in [-0.3, -0.25) is 4.79 Å². The van der Waals surface area contributed by atoms with Gasteiger partial charge in [0.05, 0.1) is 6.61 Å². The van der Waals surface area contributed by atoms with Gasteiger partial charge in [-0.15, -0.1) is 0 Å². The lowest BCUT2D eigenvalue weighted by Crippen LogP contribution is -2.14. The van der Waals surface area contributed by atoms with E-state index in [0.717, 1.165) is 18.2 Å². The fourth-order valence-corrected chi connectivity index (χ4v) is 3.78. The molecule has 0 aromatic heterocycles. The Kier molecular flexibility index (Phi) is 21.2. The van der Waals surface area contributed by atoms with Crippen molar-refractivity contribution in [2.75, 3.05) is 11.9 Å². The molecule has 2 nitrogen and oxygen atoms in total. The number of unbranched alkanes of at least 4 members (excludes halogenated alkanes) is 11. The zero-order valence-electron chi connectivity index (χ0n) is 17.7. The first-order valence-electron chi connectivity index (χ1n) is 11.5. The normalized spacial score (nSPS) is 11.2. The Balaban J connectivity index is 3.96. The summed E-state index contributed by atoms with van der Waals surface area (Å²) in [5.41, 5.74) is 0. The van der Waals surface area contributed by atoms with E-state index in [9.17, 15) is 4.79 Å². The number of ether oxygens (including phenoxy) is 1. The maximum atomic E-state index is 11.9. The van der Waals surface area contributed by atoms with Crippen molar-refractivity contribution < 1.29 is 9.53 Å². The zero-order valence-corrected chi connectivity index (χ0v) is 19.3. The molecule has 0 aromatic rings. The van der Waals surface area contributed by atoms with Crippen molar-refractivity contribution >= 4 is 21.9 Å². The van der Waals surface area contributed by atoms with Crippen LogP contribution in [0.2, 0.25) is 0 Å². The Morgan fingerprint density at radius 1 is 0.731 bits per heavy atom. The van der Waals surface area contributed by atoms with Crippen LogP contribution in [0.15, 0.2) is 0 Å². The maximum Gasteiger partial charge on any atom is 0.305 e. The van der Waals surface area contributed by atoms with Gasteiger partial charge in [0, 0.05) is 11.8 Å². The molecular weight excluding hydrogens is 388 g/mol. The molecule has 0 fully saturated rings. The molecule has 0 aromatic carbocycles. The molecule has 0 heterocycles. The van der Waals surface area contributed by atoms with Crippen LogP contribution in [-0.2, 0) is 9.53 Å². The fraction of sp³-hybridized carbons (Fsp3) is 0.957. The number of rotatable bonds is 20. The molecule has 0 aliphatic carbocycles. The van der Waals surface area contributed by atoms with E-state index in [1.165, 1.54) is 89.9 Å². The van der Waals surface area contributed by atoms with Crippen molar-refractivity contribution in [2.24, 2.45) is 5.92 Å². The molecule has 0 amide bonds. The molecule has 0 aliphatic rings. The summed E-state index contributed by atoms with van der Waals surface area (Å²) >= 11 is 3.41. The first kappa shape index (κ1) is 26.0. The van der Waals surface area contributed by atoms with Gasteiger partial charge in [0.2, 0.25) is 0 Å². The van der Waals surface area contributed by atoms with E-state index in [2.05, 4.69) is 29.8 Å². The number of carbonyl (C=O) groups excluding carboxylic acids is 1. The standard InChI is InChI=1S/C23H45BrO2/c1-3-5-7-9-11-13-17-22(18-14-12-10-8-6-4-2)21-26-23(25)19-15-16-20-24/h22H,3-21H2,1-2H3. The van der Waals surface area contributed by atoms with Crippen molar-refractivity contribution in [2.45, 2.75) is 123 Å². The summed E-state index contributed by atoms with van der Waals surface area (Å²) in [6.07, 6.45) is 21.1. The lowest BCUT2D eigenvalue weighted by molar-refractivity contribution is -0.145. The summed E-state index contributed by atoms with van der Waals surface area (Å²) in [6.45, 7) is 5.18. The molecule has 0 unspecified atom stereocenters. The molecule has 0 spiro atoms. The molecule has 26 heavy (non-hydrogen) atoms. The van der Waals surface area contributed by atoms with Crippen molar-refractivity contribution in [3.63, 3.8) is 0 Å². The maximum absolute atomic E-state index is 11.9. The minimum atomic E-state index is 0.00171. The van der Waals surface area contributed by atoms with Crippen LogP contribution in [0, 0.1) is 5.92 Å². The number of hydrogen-bond acceptors (Lipinski definition) is 2. The number of esters is 1. The minimum Gasteiger partial charge on any atom is -0.465 e. The van der Waals surface area contributed by atoms with E-state index in [4.69, 9.17) is 4.74 Å². The van der Waals surface area contributed by atoms with Crippen LogP contribution in [0.25, 0.3) is 0 Å². The molecule has 0 bridgehead atoms. The quantitative estimate of drug-likeness (QED) is 0.110. The first-order chi connectivity index (χ1) is 12.7. The van der Waals surface area contributed by atoms with Gasteiger partial charge < -0.3 is 4.74 Å². The topological polar surface area (TPSA) is 26.3 Å². The van der Waals surface area contributed by atoms with Gasteiger partial charge in [0.1, 0.15) is 0 Å². The predicted molar refractivity (Wildman–Crippen MR) is 118 cm³/mol.